The van der Waals surface area contributed by atoms with Gasteiger partial charge in [-0.15, -0.1) is 11.8 Å². The standard InChI is InChI=1S/C31H43F5N6O4S2/c1-21(43)37-23-5-10-40(11-6-23)18-24(44)19-42-27-7-12-41(48(2,45)46)20-25(27)29(38-42)22-3-4-26(31(34,35)36)28(17-22)47-16-15-39-13-8-30(32,33)9-14-39/h3-4,17,23-24,44H,5-16,18-20H2,1-2H3,(H,37,43). The van der Waals surface area contributed by atoms with Gasteiger partial charge in [-0.2, -0.15) is 22.6 Å². The first-order chi connectivity index (χ1) is 22.5. The van der Waals surface area contributed by atoms with Gasteiger partial charge < -0.3 is 20.2 Å². The number of carbonyl (C=O) groups excluding carboxylic acids is 1. The number of thioether (sulfide) groups is 1. The predicted octanol–water partition coefficient (Wildman–Crippen LogP) is 3.67. The highest BCUT2D eigenvalue weighted by atomic mass is 32.2. The molecule has 2 saturated heterocycles. The fraction of sp³-hybridized carbons (Fsp3) is 0.677. The van der Waals surface area contributed by atoms with Crippen LogP contribution in [0.3, 0.4) is 0 Å². The molecule has 1 atom stereocenters. The number of nitrogens with one attached hydrogen (secondary N) is 1. The fourth-order valence-electron chi connectivity index (χ4n) is 6.65. The number of hydrogen-bond donors (Lipinski definition) is 2. The zero-order valence-electron chi connectivity index (χ0n) is 27.1. The van der Waals surface area contributed by atoms with Crippen LogP contribution in [0.1, 0.15) is 49.4 Å². The van der Waals surface area contributed by atoms with E-state index >= 15 is 0 Å². The van der Waals surface area contributed by atoms with Crippen LogP contribution in [0.4, 0.5) is 22.0 Å². The number of rotatable bonds is 11. The number of hydrogen-bond acceptors (Lipinski definition) is 8. The number of sulfonamides is 1. The van der Waals surface area contributed by atoms with Crippen LogP contribution in [0.2, 0.25) is 0 Å². The molecule has 2 N–H and O–H groups in total. The Kier molecular flexibility index (Phi) is 11.5. The van der Waals surface area contributed by atoms with E-state index < -0.39 is 33.8 Å². The lowest BCUT2D eigenvalue weighted by Gasteiger charge is -2.33. The highest BCUT2D eigenvalue weighted by molar-refractivity contribution is 7.99. The van der Waals surface area contributed by atoms with Crippen LogP contribution in [0, 0.1) is 0 Å². The predicted molar refractivity (Wildman–Crippen MR) is 172 cm³/mol. The Morgan fingerprint density at radius 3 is 2.42 bits per heavy atom. The number of fused-ring (bicyclic) bond motifs is 1. The second-order valence-corrected chi connectivity index (χ2v) is 16.1. The molecule has 1 unspecified atom stereocenters. The van der Waals surface area contributed by atoms with Crippen LogP contribution in [-0.2, 0) is 40.5 Å². The molecule has 48 heavy (non-hydrogen) atoms. The monoisotopic (exact) mass is 722 g/mol. The minimum absolute atomic E-state index is 0.000645. The number of carbonyl (C=O) groups is 1. The molecule has 4 heterocycles. The summed E-state index contributed by atoms with van der Waals surface area (Å²) >= 11 is 1.000. The molecular weight excluding hydrogens is 680 g/mol. The topological polar surface area (TPSA) is 111 Å². The number of aromatic nitrogens is 2. The summed E-state index contributed by atoms with van der Waals surface area (Å²) in [6.07, 6.45) is -3.04. The zero-order valence-corrected chi connectivity index (χ0v) is 28.7. The quantitative estimate of drug-likeness (QED) is 0.267. The lowest BCUT2D eigenvalue weighted by molar-refractivity contribution is -0.139. The second-order valence-electron chi connectivity index (χ2n) is 13.0. The number of benzene rings is 1. The molecular formula is C31H43F5N6O4S2. The van der Waals surface area contributed by atoms with Crippen LogP contribution in [-0.4, -0.2) is 119 Å². The normalized spacial score (nSPS) is 20.8. The summed E-state index contributed by atoms with van der Waals surface area (Å²) in [6.45, 7) is 4.29. The first kappa shape index (κ1) is 37.0. The summed E-state index contributed by atoms with van der Waals surface area (Å²) in [5.74, 6) is -2.52. The van der Waals surface area contributed by atoms with E-state index in [9.17, 15) is 40.3 Å². The maximum Gasteiger partial charge on any atom is 0.417 e. The van der Waals surface area contributed by atoms with E-state index in [2.05, 4.69) is 10.2 Å². The van der Waals surface area contributed by atoms with Crippen molar-refractivity contribution >= 4 is 27.7 Å². The van der Waals surface area contributed by atoms with Crippen molar-refractivity contribution in [2.24, 2.45) is 0 Å². The van der Waals surface area contributed by atoms with Crippen LogP contribution in [0.25, 0.3) is 11.3 Å². The molecule has 1 aromatic carbocycles. The van der Waals surface area contributed by atoms with Crippen molar-refractivity contribution in [3.05, 3.63) is 35.0 Å². The van der Waals surface area contributed by atoms with Crippen molar-refractivity contribution in [3.8, 4) is 11.3 Å². The SMILES string of the molecule is CC(=O)NC1CCN(CC(O)Cn2nc(-c3ccc(C(F)(F)F)c(SCCN4CCC(F)(F)CC4)c3)c3c2CCN(S(C)(=O)=O)C3)CC1. The number of halogens is 5. The summed E-state index contributed by atoms with van der Waals surface area (Å²) in [7, 11) is -3.57. The molecule has 2 fully saturated rings. The number of aliphatic hydroxyl groups excluding tert-OH is 1. The van der Waals surface area contributed by atoms with E-state index in [1.807, 2.05) is 4.90 Å². The maximum atomic E-state index is 14.1. The summed E-state index contributed by atoms with van der Waals surface area (Å²) in [4.78, 5) is 15.3. The Hall–Kier alpha value is -2.31. The number of nitrogens with zero attached hydrogens (tertiary/aromatic N) is 5. The number of likely N-dealkylation sites (tertiary alicyclic amines) is 2. The molecule has 17 heteroatoms. The molecule has 2 aromatic rings. The Morgan fingerprint density at radius 2 is 1.79 bits per heavy atom. The molecule has 1 amide bonds. The van der Waals surface area contributed by atoms with Gasteiger partial charge in [0.15, 0.2) is 0 Å². The summed E-state index contributed by atoms with van der Waals surface area (Å²) < 4.78 is 97.3. The van der Waals surface area contributed by atoms with Crippen LogP contribution in [0.5, 0.6) is 0 Å². The average Bonchev–Trinajstić information content (AvgIpc) is 3.35. The lowest BCUT2D eigenvalue weighted by Crippen LogP contribution is -2.46. The van der Waals surface area contributed by atoms with Gasteiger partial charge in [-0.1, -0.05) is 6.07 Å². The number of piperidine rings is 2. The molecule has 268 valence electrons. The van der Waals surface area contributed by atoms with Gasteiger partial charge in [-0.05, 0) is 25.0 Å². The highest BCUT2D eigenvalue weighted by Gasteiger charge is 2.36. The van der Waals surface area contributed by atoms with Gasteiger partial charge >= 0.3 is 6.18 Å². The molecule has 0 bridgehead atoms. The van der Waals surface area contributed by atoms with Crippen molar-refractivity contribution in [1.29, 1.82) is 0 Å². The van der Waals surface area contributed by atoms with Gasteiger partial charge in [0.25, 0.3) is 5.92 Å². The van der Waals surface area contributed by atoms with E-state index in [1.165, 1.54) is 23.4 Å². The van der Waals surface area contributed by atoms with Gasteiger partial charge in [0.1, 0.15) is 0 Å². The van der Waals surface area contributed by atoms with Crippen molar-refractivity contribution in [3.63, 3.8) is 0 Å². The maximum absolute atomic E-state index is 14.1. The van der Waals surface area contributed by atoms with E-state index in [0.717, 1.165) is 42.6 Å². The number of aliphatic hydroxyl groups is 1. The van der Waals surface area contributed by atoms with Gasteiger partial charge in [-0.25, -0.2) is 17.2 Å². The average molecular weight is 723 g/mol. The fourth-order valence-corrected chi connectivity index (χ4v) is 8.55. The molecule has 0 spiro atoms. The first-order valence-corrected chi connectivity index (χ1v) is 19.0. The zero-order chi connectivity index (χ0) is 34.9. The Labute approximate surface area is 282 Å². The molecule has 3 aliphatic heterocycles. The van der Waals surface area contributed by atoms with Gasteiger partial charge in [0, 0.05) is 112 Å². The molecule has 0 radical (unpaired) electrons. The number of β-amino-alcohol motifs (C(OH)–C–C–N with tert-alkyl or cyclic N) is 1. The molecule has 0 aliphatic carbocycles. The summed E-state index contributed by atoms with van der Waals surface area (Å²) in [5.41, 5.74) is 1.24. The lowest BCUT2D eigenvalue weighted by atomic mass is 10.0. The van der Waals surface area contributed by atoms with Crippen LogP contribution in [0.15, 0.2) is 23.1 Å². The van der Waals surface area contributed by atoms with Crippen molar-refractivity contribution in [2.45, 2.75) is 81.3 Å². The Balaban J connectivity index is 1.36. The third-order valence-corrected chi connectivity index (χ3v) is 11.5. The smallest absolute Gasteiger partial charge is 0.390 e. The van der Waals surface area contributed by atoms with E-state index in [4.69, 9.17) is 5.10 Å². The largest absolute Gasteiger partial charge is 0.417 e. The third kappa shape index (κ3) is 9.47. The highest BCUT2D eigenvalue weighted by Crippen LogP contribution is 2.40. The Morgan fingerprint density at radius 1 is 1.10 bits per heavy atom. The van der Waals surface area contributed by atoms with E-state index in [0.29, 0.717) is 49.4 Å². The Bertz CT molecular complexity index is 1550. The minimum atomic E-state index is -4.62. The molecule has 0 saturated carbocycles. The van der Waals surface area contributed by atoms with Crippen LogP contribution < -0.4 is 5.32 Å². The second kappa shape index (κ2) is 14.9. The molecule has 10 nitrogen and oxygen atoms in total. The molecule has 1 aromatic heterocycles. The van der Waals surface area contributed by atoms with Crippen molar-refractivity contribution < 1.29 is 40.3 Å². The van der Waals surface area contributed by atoms with E-state index in [1.54, 1.807) is 4.68 Å². The number of amides is 1. The minimum Gasteiger partial charge on any atom is -0.390 e. The molecule has 3 aliphatic rings. The van der Waals surface area contributed by atoms with Crippen LogP contribution >= 0.6 is 11.8 Å². The molecule has 5 rings (SSSR count). The van der Waals surface area contributed by atoms with Gasteiger partial charge in [-0.3, -0.25) is 9.48 Å². The first-order valence-electron chi connectivity index (χ1n) is 16.1. The van der Waals surface area contributed by atoms with Crippen molar-refractivity contribution in [1.82, 2.24) is 29.2 Å². The van der Waals surface area contributed by atoms with Crippen molar-refractivity contribution in [2.75, 3.05) is 57.8 Å². The van der Waals surface area contributed by atoms with Gasteiger partial charge in [0.05, 0.1) is 30.2 Å². The summed E-state index contributed by atoms with van der Waals surface area (Å²) in [6, 6.07) is 3.85. The number of alkyl halides is 5. The third-order valence-electron chi connectivity index (χ3n) is 9.23. The van der Waals surface area contributed by atoms with E-state index in [-0.39, 0.29) is 68.2 Å². The van der Waals surface area contributed by atoms with Gasteiger partial charge in [0.2, 0.25) is 15.9 Å². The summed E-state index contributed by atoms with van der Waals surface area (Å²) in [5, 5.41) is 18.8.